The van der Waals surface area contributed by atoms with Crippen LogP contribution in [0.5, 0.6) is 0 Å². The molecular formula is C16H23FN2O2. The molecule has 2 amide bonds. The fraction of sp³-hybridized carbons (Fsp3) is 0.438. The summed E-state index contributed by atoms with van der Waals surface area (Å²) in [7, 11) is 0. The molecule has 116 valence electrons. The Balaban J connectivity index is 2.82. The molecule has 0 aliphatic heterocycles. The number of benzene rings is 1. The molecule has 0 saturated heterocycles. The number of aryl methyl sites for hydroxylation is 2. The van der Waals surface area contributed by atoms with Gasteiger partial charge in [-0.15, -0.1) is 6.58 Å². The van der Waals surface area contributed by atoms with Gasteiger partial charge in [-0.3, -0.25) is 0 Å². The molecule has 1 atom stereocenters. The van der Waals surface area contributed by atoms with Crippen LogP contribution in [-0.4, -0.2) is 35.7 Å². The van der Waals surface area contributed by atoms with Crippen LogP contribution in [0.2, 0.25) is 0 Å². The summed E-state index contributed by atoms with van der Waals surface area (Å²) in [6, 6.07) is 2.94. The van der Waals surface area contributed by atoms with E-state index in [1.165, 1.54) is 4.90 Å². The average molecular weight is 294 g/mol. The molecule has 0 aliphatic carbocycles. The van der Waals surface area contributed by atoms with Crippen molar-refractivity contribution in [3.05, 3.63) is 47.3 Å². The van der Waals surface area contributed by atoms with E-state index in [1.807, 2.05) is 6.92 Å². The molecule has 2 N–H and O–H groups in total. The van der Waals surface area contributed by atoms with E-state index in [0.717, 1.165) is 5.56 Å². The number of nitrogens with zero attached hydrogens (tertiary/aromatic N) is 1. The van der Waals surface area contributed by atoms with Crippen LogP contribution in [-0.2, 0) is 0 Å². The molecule has 1 unspecified atom stereocenters. The Hall–Kier alpha value is -1.88. The Kier molecular flexibility index (Phi) is 6.37. The van der Waals surface area contributed by atoms with E-state index in [0.29, 0.717) is 17.7 Å². The number of hydrogen-bond acceptors (Lipinski definition) is 2. The third kappa shape index (κ3) is 4.56. The van der Waals surface area contributed by atoms with Crippen LogP contribution < -0.4 is 5.32 Å². The second-order valence-corrected chi connectivity index (χ2v) is 5.10. The van der Waals surface area contributed by atoms with Crippen molar-refractivity contribution < 1.29 is 14.3 Å². The van der Waals surface area contributed by atoms with Crippen molar-refractivity contribution in [3.63, 3.8) is 0 Å². The fourth-order valence-electron chi connectivity index (χ4n) is 2.14. The second-order valence-electron chi connectivity index (χ2n) is 5.10. The molecule has 0 radical (unpaired) electrons. The maximum Gasteiger partial charge on any atom is 0.318 e. The van der Waals surface area contributed by atoms with Gasteiger partial charge in [-0.1, -0.05) is 18.2 Å². The van der Waals surface area contributed by atoms with Crippen LogP contribution >= 0.6 is 0 Å². The number of urea groups is 1. The number of rotatable bonds is 6. The zero-order valence-electron chi connectivity index (χ0n) is 12.8. The smallest absolute Gasteiger partial charge is 0.318 e. The van der Waals surface area contributed by atoms with Gasteiger partial charge in [0.05, 0.1) is 12.6 Å². The second kappa shape index (κ2) is 7.78. The summed E-state index contributed by atoms with van der Waals surface area (Å²) >= 11 is 0. The topological polar surface area (TPSA) is 52.6 Å². The van der Waals surface area contributed by atoms with Gasteiger partial charge in [0.25, 0.3) is 0 Å². The number of carbonyl (C=O) groups is 1. The van der Waals surface area contributed by atoms with E-state index in [4.69, 9.17) is 5.11 Å². The Labute approximate surface area is 125 Å². The standard InChI is InChI=1S/C16H23FN2O2/c1-5-6-19(7-8-20)16(21)18-13(4)14-9-11(2)15(17)12(3)10-14/h5,9-10,13,20H,1,6-8H2,2-4H3,(H,18,21). The van der Waals surface area contributed by atoms with Crippen molar-refractivity contribution in [2.75, 3.05) is 19.7 Å². The van der Waals surface area contributed by atoms with Gasteiger partial charge in [0.1, 0.15) is 5.82 Å². The molecule has 0 bridgehead atoms. The first-order valence-corrected chi connectivity index (χ1v) is 6.94. The van der Waals surface area contributed by atoms with Crippen LogP contribution in [0.25, 0.3) is 0 Å². The summed E-state index contributed by atoms with van der Waals surface area (Å²) in [6.07, 6.45) is 1.60. The zero-order chi connectivity index (χ0) is 16.0. The number of hydrogen-bond donors (Lipinski definition) is 2. The summed E-state index contributed by atoms with van der Waals surface area (Å²) in [4.78, 5) is 13.6. The molecule has 1 rings (SSSR count). The lowest BCUT2D eigenvalue weighted by Gasteiger charge is -2.24. The van der Waals surface area contributed by atoms with Gasteiger partial charge in [-0.25, -0.2) is 9.18 Å². The molecule has 0 heterocycles. The molecule has 1 aromatic carbocycles. The van der Waals surface area contributed by atoms with E-state index in [-0.39, 0.29) is 31.0 Å². The van der Waals surface area contributed by atoms with Gasteiger partial charge in [-0.05, 0) is 37.5 Å². The first kappa shape index (κ1) is 17.2. The van der Waals surface area contributed by atoms with Crippen LogP contribution in [0.3, 0.4) is 0 Å². The highest BCUT2D eigenvalue weighted by Gasteiger charge is 2.16. The van der Waals surface area contributed by atoms with Gasteiger partial charge in [0.2, 0.25) is 0 Å². The molecule has 0 saturated carbocycles. The molecule has 0 aromatic heterocycles. The number of aliphatic hydroxyl groups is 1. The normalized spacial score (nSPS) is 11.9. The highest BCUT2D eigenvalue weighted by Crippen LogP contribution is 2.20. The minimum Gasteiger partial charge on any atom is -0.395 e. The Morgan fingerprint density at radius 1 is 1.48 bits per heavy atom. The maximum absolute atomic E-state index is 13.6. The molecule has 5 heteroatoms. The van der Waals surface area contributed by atoms with Crippen LogP contribution in [0.1, 0.15) is 29.7 Å². The van der Waals surface area contributed by atoms with Gasteiger partial charge < -0.3 is 15.3 Å². The molecular weight excluding hydrogens is 271 g/mol. The first-order valence-electron chi connectivity index (χ1n) is 6.94. The number of amides is 2. The van der Waals surface area contributed by atoms with Crippen molar-refractivity contribution in [1.29, 1.82) is 0 Å². The Morgan fingerprint density at radius 3 is 2.52 bits per heavy atom. The Bertz CT molecular complexity index is 494. The number of halogens is 1. The minimum atomic E-state index is -0.281. The molecule has 0 spiro atoms. The SMILES string of the molecule is C=CCN(CCO)C(=O)NC(C)c1cc(C)c(F)c(C)c1. The molecule has 0 fully saturated rings. The zero-order valence-corrected chi connectivity index (χ0v) is 12.8. The summed E-state index contributed by atoms with van der Waals surface area (Å²) in [5.41, 5.74) is 1.97. The third-order valence-electron chi connectivity index (χ3n) is 3.31. The van der Waals surface area contributed by atoms with Crippen LogP contribution in [0, 0.1) is 19.7 Å². The fourth-order valence-corrected chi connectivity index (χ4v) is 2.14. The summed E-state index contributed by atoms with van der Waals surface area (Å²) < 4.78 is 13.6. The highest BCUT2D eigenvalue weighted by molar-refractivity contribution is 5.74. The van der Waals surface area contributed by atoms with Crippen molar-refractivity contribution >= 4 is 6.03 Å². The summed E-state index contributed by atoms with van der Waals surface area (Å²) in [5.74, 6) is -0.217. The van der Waals surface area contributed by atoms with Gasteiger partial charge >= 0.3 is 6.03 Å². The van der Waals surface area contributed by atoms with E-state index >= 15 is 0 Å². The van der Waals surface area contributed by atoms with Gasteiger partial charge in [0.15, 0.2) is 0 Å². The number of carbonyl (C=O) groups excluding carboxylic acids is 1. The van der Waals surface area contributed by atoms with E-state index < -0.39 is 0 Å². The molecule has 21 heavy (non-hydrogen) atoms. The highest BCUT2D eigenvalue weighted by atomic mass is 19.1. The Morgan fingerprint density at radius 2 is 2.05 bits per heavy atom. The monoisotopic (exact) mass is 294 g/mol. The van der Waals surface area contributed by atoms with E-state index in [9.17, 15) is 9.18 Å². The summed E-state index contributed by atoms with van der Waals surface area (Å²) in [6.45, 7) is 9.34. The average Bonchev–Trinajstić information content (AvgIpc) is 2.43. The third-order valence-corrected chi connectivity index (χ3v) is 3.31. The molecule has 4 nitrogen and oxygen atoms in total. The lowest BCUT2D eigenvalue weighted by molar-refractivity contribution is 0.181. The van der Waals surface area contributed by atoms with Crippen molar-refractivity contribution in [3.8, 4) is 0 Å². The van der Waals surface area contributed by atoms with E-state index in [1.54, 1.807) is 32.1 Å². The quantitative estimate of drug-likeness (QED) is 0.793. The van der Waals surface area contributed by atoms with Crippen molar-refractivity contribution in [2.24, 2.45) is 0 Å². The maximum atomic E-state index is 13.6. The lowest BCUT2D eigenvalue weighted by Crippen LogP contribution is -2.42. The largest absolute Gasteiger partial charge is 0.395 e. The first-order chi connectivity index (χ1) is 9.90. The van der Waals surface area contributed by atoms with Crippen molar-refractivity contribution in [2.45, 2.75) is 26.8 Å². The van der Waals surface area contributed by atoms with Crippen molar-refractivity contribution in [1.82, 2.24) is 10.2 Å². The number of aliphatic hydroxyl groups excluding tert-OH is 1. The van der Waals surface area contributed by atoms with Crippen LogP contribution in [0.4, 0.5) is 9.18 Å². The predicted molar refractivity (Wildman–Crippen MR) is 81.7 cm³/mol. The van der Waals surface area contributed by atoms with Gasteiger partial charge in [0, 0.05) is 13.1 Å². The minimum absolute atomic E-state index is 0.107. The van der Waals surface area contributed by atoms with E-state index in [2.05, 4.69) is 11.9 Å². The predicted octanol–water partition coefficient (Wildman–Crippen LogP) is 2.69. The number of nitrogens with one attached hydrogen (secondary N) is 1. The van der Waals surface area contributed by atoms with Gasteiger partial charge in [-0.2, -0.15) is 0 Å². The molecule has 0 aliphatic rings. The van der Waals surface area contributed by atoms with Crippen LogP contribution in [0.15, 0.2) is 24.8 Å². The lowest BCUT2D eigenvalue weighted by atomic mass is 10.0. The summed E-state index contributed by atoms with van der Waals surface area (Å²) in [5, 5.41) is 11.8. The molecule has 1 aromatic rings.